The molecule has 1 fully saturated rings. The first-order valence-corrected chi connectivity index (χ1v) is 5.66. The Morgan fingerprint density at radius 1 is 1.53 bits per heavy atom. The quantitative estimate of drug-likeness (QED) is 0.724. The highest BCUT2D eigenvalue weighted by Crippen LogP contribution is 2.50. The molecule has 2 unspecified atom stereocenters. The lowest BCUT2D eigenvalue weighted by Gasteiger charge is -2.44. The Balaban J connectivity index is 2.97. The number of rotatable bonds is 3. The minimum atomic E-state index is -0.651. The molecule has 0 spiro atoms. The fourth-order valence-corrected chi connectivity index (χ4v) is 3.42. The van der Waals surface area contributed by atoms with Gasteiger partial charge in [0.15, 0.2) is 0 Å². The maximum absolute atomic E-state index is 11.5. The first-order chi connectivity index (χ1) is 6.81. The van der Waals surface area contributed by atoms with Gasteiger partial charge in [0.25, 0.3) is 0 Å². The van der Waals surface area contributed by atoms with E-state index in [0.717, 1.165) is 19.3 Å². The van der Waals surface area contributed by atoms with Crippen LogP contribution >= 0.6 is 0 Å². The van der Waals surface area contributed by atoms with Crippen molar-refractivity contribution in [2.75, 3.05) is 0 Å². The number of carbonyl (C=O) groups is 1. The molecule has 0 saturated heterocycles. The van der Waals surface area contributed by atoms with Crippen molar-refractivity contribution in [1.82, 2.24) is 0 Å². The Kier molecular flexibility index (Phi) is 3.27. The second kappa shape index (κ2) is 3.99. The fourth-order valence-electron chi connectivity index (χ4n) is 3.42. The van der Waals surface area contributed by atoms with E-state index >= 15 is 0 Å². The number of carboxylic acid groups (broad SMARTS) is 1. The largest absolute Gasteiger partial charge is 0.481 e. The highest BCUT2D eigenvalue weighted by atomic mass is 16.4. The number of hydrogen-bond acceptors (Lipinski definition) is 1. The Labute approximate surface area is 92.4 Å². The van der Waals surface area contributed by atoms with E-state index in [1.54, 1.807) is 6.08 Å². The van der Waals surface area contributed by atoms with Crippen LogP contribution in [0.5, 0.6) is 0 Å². The van der Waals surface area contributed by atoms with Crippen LogP contribution in [0.1, 0.15) is 46.5 Å². The Morgan fingerprint density at radius 2 is 2.13 bits per heavy atom. The van der Waals surface area contributed by atoms with E-state index in [4.69, 9.17) is 0 Å². The van der Waals surface area contributed by atoms with E-state index in [2.05, 4.69) is 27.4 Å². The lowest BCUT2D eigenvalue weighted by atomic mass is 9.59. The predicted molar refractivity (Wildman–Crippen MR) is 61.7 cm³/mol. The van der Waals surface area contributed by atoms with Crippen LogP contribution in [-0.2, 0) is 4.79 Å². The molecular weight excluding hydrogens is 188 g/mol. The molecule has 2 atom stereocenters. The molecule has 86 valence electrons. The van der Waals surface area contributed by atoms with Gasteiger partial charge in [-0.2, -0.15) is 0 Å². The average Bonchev–Trinajstić information content (AvgIpc) is 1.99. The molecule has 15 heavy (non-hydrogen) atoms. The van der Waals surface area contributed by atoms with E-state index < -0.39 is 11.4 Å². The summed E-state index contributed by atoms with van der Waals surface area (Å²) in [5, 5.41) is 9.42. The summed E-state index contributed by atoms with van der Waals surface area (Å²) in [4.78, 5) is 11.5. The SMILES string of the molecule is C=CCC1(C(=O)O)CC(C)CC(C)(C)C1. The van der Waals surface area contributed by atoms with Crippen LogP contribution in [0.2, 0.25) is 0 Å². The first kappa shape index (κ1) is 12.3. The van der Waals surface area contributed by atoms with Crippen LogP contribution < -0.4 is 0 Å². The van der Waals surface area contributed by atoms with Crippen molar-refractivity contribution in [3.8, 4) is 0 Å². The van der Waals surface area contributed by atoms with Crippen LogP contribution in [0.15, 0.2) is 12.7 Å². The lowest BCUT2D eigenvalue weighted by Crippen LogP contribution is -2.42. The van der Waals surface area contributed by atoms with E-state index in [0.29, 0.717) is 12.3 Å². The second-order valence-electron chi connectivity index (χ2n) is 5.93. The van der Waals surface area contributed by atoms with Crippen LogP contribution in [0.4, 0.5) is 0 Å². The molecule has 1 N–H and O–H groups in total. The third-order valence-electron chi connectivity index (χ3n) is 3.45. The molecule has 1 rings (SSSR count). The van der Waals surface area contributed by atoms with Gasteiger partial charge >= 0.3 is 5.97 Å². The molecule has 0 aromatic rings. The molecule has 1 saturated carbocycles. The van der Waals surface area contributed by atoms with Gasteiger partial charge in [-0.05, 0) is 37.0 Å². The molecule has 1 aliphatic rings. The Morgan fingerprint density at radius 3 is 2.53 bits per heavy atom. The smallest absolute Gasteiger partial charge is 0.309 e. The van der Waals surface area contributed by atoms with Gasteiger partial charge in [0.1, 0.15) is 0 Å². The number of allylic oxidation sites excluding steroid dienone is 1. The number of aliphatic carboxylic acids is 1. The molecule has 0 aromatic heterocycles. The maximum Gasteiger partial charge on any atom is 0.309 e. The molecule has 2 nitrogen and oxygen atoms in total. The van der Waals surface area contributed by atoms with Crippen LogP contribution in [-0.4, -0.2) is 11.1 Å². The van der Waals surface area contributed by atoms with Crippen LogP contribution in [0.3, 0.4) is 0 Å². The highest BCUT2D eigenvalue weighted by molar-refractivity contribution is 5.75. The zero-order valence-corrected chi connectivity index (χ0v) is 10.0. The van der Waals surface area contributed by atoms with Crippen LogP contribution in [0.25, 0.3) is 0 Å². The van der Waals surface area contributed by atoms with Crippen molar-refractivity contribution in [3.05, 3.63) is 12.7 Å². The molecule has 2 heteroatoms. The predicted octanol–water partition coefficient (Wildman–Crippen LogP) is 3.48. The Hall–Kier alpha value is -0.790. The third-order valence-corrected chi connectivity index (χ3v) is 3.45. The normalized spacial score (nSPS) is 34.7. The van der Waals surface area contributed by atoms with Gasteiger partial charge in [-0.25, -0.2) is 0 Å². The molecular formula is C13H22O2. The van der Waals surface area contributed by atoms with Gasteiger partial charge in [-0.3, -0.25) is 4.79 Å². The first-order valence-electron chi connectivity index (χ1n) is 5.66. The standard InChI is InChI=1S/C13H22O2/c1-5-6-13(11(14)15)8-10(2)7-12(3,4)9-13/h5,10H,1,6-9H2,2-4H3,(H,14,15). The molecule has 0 bridgehead atoms. The van der Waals surface area contributed by atoms with Gasteiger partial charge in [0.05, 0.1) is 5.41 Å². The van der Waals surface area contributed by atoms with Gasteiger partial charge in [-0.1, -0.05) is 26.8 Å². The summed E-state index contributed by atoms with van der Waals surface area (Å²) >= 11 is 0. The third kappa shape index (κ3) is 2.61. The van der Waals surface area contributed by atoms with Gasteiger partial charge in [-0.15, -0.1) is 6.58 Å². The summed E-state index contributed by atoms with van der Waals surface area (Å²) in [7, 11) is 0. The number of carboxylic acids is 1. The van der Waals surface area contributed by atoms with Crippen molar-refractivity contribution < 1.29 is 9.90 Å². The molecule has 0 aromatic carbocycles. The molecule has 0 radical (unpaired) electrons. The molecule has 0 aliphatic heterocycles. The summed E-state index contributed by atoms with van der Waals surface area (Å²) in [6, 6.07) is 0. The highest BCUT2D eigenvalue weighted by Gasteiger charge is 2.47. The van der Waals surface area contributed by atoms with Crippen molar-refractivity contribution in [3.63, 3.8) is 0 Å². The van der Waals surface area contributed by atoms with Gasteiger partial charge in [0.2, 0.25) is 0 Å². The summed E-state index contributed by atoms with van der Waals surface area (Å²) < 4.78 is 0. The average molecular weight is 210 g/mol. The Bertz CT molecular complexity index is 268. The van der Waals surface area contributed by atoms with Crippen molar-refractivity contribution >= 4 is 5.97 Å². The second-order valence-corrected chi connectivity index (χ2v) is 5.93. The van der Waals surface area contributed by atoms with Crippen molar-refractivity contribution in [2.45, 2.75) is 46.5 Å². The number of hydrogen-bond donors (Lipinski definition) is 1. The monoisotopic (exact) mass is 210 g/mol. The van der Waals surface area contributed by atoms with Gasteiger partial charge in [0, 0.05) is 0 Å². The molecule has 0 amide bonds. The summed E-state index contributed by atoms with van der Waals surface area (Å²) in [5.74, 6) is -0.160. The van der Waals surface area contributed by atoms with Crippen molar-refractivity contribution in [1.29, 1.82) is 0 Å². The maximum atomic E-state index is 11.5. The topological polar surface area (TPSA) is 37.3 Å². The van der Waals surface area contributed by atoms with E-state index in [1.165, 1.54) is 0 Å². The molecule has 1 aliphatic carbocycles. The van der Waals surface area contributed by atoms with E-state index in [-0.39, 0.29) is 5.41 Å². The van der Waals surface area contributed by atoms with Gasteiger partial charge < -0.3 is 5.11 Å². The van der Waals surface area contributed by atoms with E-state index in [9.17, 15) is 9.90 Å². The summed E-state index contributed by atoms with van der Waals surface area (Å²) in [6.07, 6.45) is 5.03. The fraction of sp³-hybridized carbons (Fsp3) is 0.769. The summed E-state index contributed by atoms with van der Waals surface area (Å²) in [5.41, 5.74) is -0.429. The minimum absolute atomic E-state index is 0.138. The zero-order valence-electron chi connectivity index (χ0n) is 10.0. The molecule has 0 heterocycles. The summed E-state index contributed by atoms with van der Waals surface area (Å²) in [6.45, 7) is 10.2. The van der Waals surface area contributed by atoms with E-state index in [1.807, 2.05) is 0 Å². The zero-order chi connectivity index (χ0) is 11.7. The van der Waals surface area contributed by atoms with Crippen molar-refractivity contribution in [2.24, 2.45) is 16.7 Å². The lowest BCUT2D eigenvalue weighted by molar-refractivity contribution is -0.155. The van der Waals surface area contributed by atoms with Crippen LogP contribution in [0, 0.1) is 16.7 Å². The minimum Gasteiger partial charge on any atom is -0.481 e.